The van der Waals surface area contributed by atoms with Crippen LogP contribution in [0.15, 0.2) is 30.3 Å². The Bertz CT molecular complexity index is 287. The zero-order valence-corrected chi connectivity index (χ0v) is 8.03. The molecule has 4 nitrogen and oxygen atoms in total. The number of rotatable bonds is 4. The molecule has 0 spiro atoms. The van der Waals surface area contributed by atoms with Crippen molar-refractivity contribution in [2.75, 3.05) is 5.32 Å². The van der Waals surface area contributed by atoms with Crippen molar-refractivity contribution in [3.8, 4) is 0 Å². The number of benzene rings is 1. The number of para-hydroxylation sites is 1. The summed E-state index contributed by atoms with van der Waals surface area (Å²) in [5.41, 5.74) is 2.50. The van der Waals surface area contributed by atoms with Crippen LogP contribution in [0, 0.1) is 0 Å². The topological polar surface area (TPSA) is 61.4 Å². The van der Waals surface area contributed by atoms with Gasteiger partial charge < -0.3 is 5.32 Å². The number of hydrogen-bond acceptors (Lipinski definition) is 3. The minimum Gasteiger partial charge on any atom is -0.374 e. The van der Waals surface area contributed by atoms with Crippen molar-refractivity contribution in [1.29, 1.82) is 0 Å². The molecular formula is C10H14N2O2. The molecule has 0 saturated heterocycles. The first-order valence-corrected chi connectivity index (χ1v) is 4.53. The van der Waals surface area contributed by atoms with Gasteiger partial charge in [0, 0.05) is 5.69 Å². The fraction of sp³-hybridized carbons (Fsp3) is 0.300. The summed E-state index contributed by atoms with van der Waals surface area (Å²) in [4.78, 5) is 11.1. The Morgan fingerprint density at radius 2 is 2.07 bits per heavy atom. The van der Waals surface area contributed by atoms with Crippen LogP contribution in [0.5, 0.6) is 0 Å². The fourth-order valence-corrected chi connectivity index (χ4v) is 1.17. The molecule has 3 N–H and O–H groups in total. The zero-order valence-electron chi connectivity index (χ0n) is 8.03. The smallest absolute Gasteiger partial charge is 0.265 e. The molecule has 0 radical (unpaired) electrons. The molecule has 0 saturated carbocycles. The Balaban J connectivity index is 2.62. The van der Waals surface area contributed by atoms with E-state index in [2.05, 4.69) is 5.32 Å². The SMILES string of the molecule is CCC(Nc1ccccc1)C(=O)NO. The van der Waals surface area contributed by atoms with E-state index in [9.17, 15) is 4.79 Å². The highest BCUT2D eigenvalue weighted by molar-refractivity contribution is 5.83. The lowest BCUT2D eigenvalue weighted by molar-refractivity contribution is -0.130. The zero-order chi connectivity index (χ0) is 10.4. The van der Waals surface area contributed by atoms with Gasteiger partial charge in [0.05, 0.1) is 0 Å². The molecule has 0 aliphatic carbocycles. The second-order valence-corrected chi connectivity index (χ2v) is 2.95. The van der Waals surface area contributed by atoms with Crippen LogP contribution in [0.25, 0.3) is 0 Å². The van der Waals surface area contributed by atoms with E-state index >= 15 is 0 Å². The molecule has 4 heteroatoms. The number of carbonyl (C=O) groups excluding carboxylic acids is 1. The third-order valence-corrected chi connectivity index (χ3v) is 1.95. The van der Waals surface area contributed by atoms with E-state index in [0.717, 1.165) is 5.69 Å². The van der Waals surface area contributed by atoms with Crippen LogP contribution in [0.2, 0.25) is 0 Å². The van der Waals surface area contributed by atoms with Crippen LogP contribution in [0.3, 0.4) is 0 Å². The molecule has 76 valence electrons. The van der Waals surface area contributed by atoms with Gasteiger partial charge in [-0.2, -0.15) is 0 Å². The van der Waals surface area contributed by atoms with Gasteiger partial charge in [-0.05, 0) is 18.6 Å². The van der Waals surface area contributed by atoms with Gasteiger partial charge in [0.1, 0.15) is 6.04 Å². The largest absolute Gasteiger partial charge is 0.374 e. The van der Waals surface area contributed by atoms with Crippen molar-refractivity contribution in [2.24, 2.45) is 0 Å². The number of anilines is 1. The summed E-state index contributed by atoms with van der Waals surface area (Å²) in [7, 11) is 0. The normalized spacial score (nSPS) is 11.9. The lowest BCUT2D eigenvalue weighted by Gasteiger charge is -2.15. The quantitative estimate of drug-likeness (QED) is 0.501. The summed E-state index contributed by atoms with van der Waals surface area (Å²) in [5, 5.41) is 11.5. The standard InChI is InChI=1S/C10H14N2O2/c1-2-9(10(13)12-14)11-8-6-4-3-5-7-8/h3-7,9,11,14H,2H2,1H3,(H,12,13). The molecule has 1 aromatic carbocycles. The van der Waals surface area contributed by atoms with Crippen LogP contribution < -0.4 is 10.8 Å². The summed E-state index contributed by atoms with van der Waals surface area (Å²) in [6.07, 6.45) is 0.612. The van der Waals surface area contributed by atoms with Gasteiger partial charge in [0.25, 0.3) is 5.91 Å². The minimum absolute atomic E-state index is 0.401. The van der Waals surface area contributed by atoms with E-state index in [4.69, 9.17) is 5.21 Å². The molecule has 0 aliphatic rings. The van der Waals surface area contributed by atoms with Gasteiger partial charge >= 0.3 is 0 Å². The van der Waals surface area contributed by atoms with E-state index in [1.165, 1.54) is 0 Å². The Kier molecular flexibility index (Phi) is 3.94. The molecule has 1 rings (SSSR count). The second-order valence-electron chi connectivity index (χ2n) is 2.95. The van der Waals surface area contributed by atoms with Crippen molar-refractivity contribution in [3.05, 3.63) is 30.3 Å². The fourth-order valence-electron chi connectivity index (χ4n) is 1.17. The van der Waals surface area contributed by atoms with Crippen LogP contribution in [-0.2, 0) is 4.79 Å². The highest BCUT2D eigenvalue weighted by Crippen LogP contribution is 2.08. The lowest BCUT2D eigenvalue weighted by atomic mass is 10.2. The summed E-state index contributed by atoms with van der Waals surface area (Å²) in [6.45, 7) is 1.87. The van der Waals surface area contributed by atoms with E-state index < -0.39 is 11.9 Å². The molecule has 1 unspecified atom stereocenters. The van der Waals surface area contributed by atoms with Crippen LogP contribution in [0.1, 0.15) is 13.3 Å². The number of hydrogen-bond donors (Lipinski definition) is 3. The van der Waals surface area contributed by atoms with Gasteiger partial charge in [-0.15, -0.1) is 0 Å². The van der Waals surface area contributed by atoms with Crippen molar-refractivity contribution >= 4 is 11.6 Å². The Morgan fingerprint density at radius 3 is 2.57 bits per heavy atom. The summed E-state index contributed by atoms with van der Waals surface area (Å²) >= 11 is 0. The second kappa shape index (κ2) is 5.24. The van der Waals surface area contributed by atoms with Crippen LogP contribution >= 0.6 is 0 Å². The van der Waals surface area contributed by atoms with Crippen LogP contribution in [-0.4, -0.2) is 17.2 Å². The van der Waals surface area contributed by atoms with Crippen molar-refractivity contribution in [2.45, 2.75) is 19.4 Å². The summed E-state index contributed by atoms with van der Waals surface area (Å²) in [6, 6.07) is 9.00. The third kappa shape index (κ3) is 2.74. The maximum absolute atomic E-state index is 11.1. The molecule has 1 aromatic rings. The molecule has 1 amide bonds. The van der Waals surface area contributed by atoms with Gasteiger partial charge in [-0.3, -0.25) is 10.0 Å². The average molecular weight is 194 g/mol. The monoisotopic (exact) mass is 194 g/mol. The predicted octanol–water partition coefficient (Wildman–Crippen LogP) is 1.38. The number of hydroxylamine groups is 1. The number of amides is 1. The van der Waals surface area contributed by atoms with Gasteiger partial charge in [-0.25, -0.2) is 5.48 Å². The molecule has 0 aliphatic heterocycles. The van der Waals surface area contributed by atoms with Crippen molar-refractivity contribution < 1.29 is 10.0 Å². The average Bonchev–Trinajstić information content (AvgIpc) is 2.26. The van der Waals surface area contributed by atoms with Crippen molar-refractivity contribution in [1.82, 2.24) is 5.48 Å². The predicted molar refractivity (Wildman–Crippen MR) is 54.1 cm³/mol. The Labute approximate surface area is 82.9 Å². The maximum atomic E-state index is 11.1. The van der Waals surface area contributed by atoms with E-state index in [0.29, 0.717) is 6.42 Å². The Morgan fingerprint density at radius 1 is 1.43 bits per heavy atom. The first kappa shape index (κ1) is 10.5. The van der Waals surface area contributed by atoms with Gasteiger partial charge in [0.15, 0.2) is 0 Å². The number of nitrogens with one attached hydrogen (secondary N) is 2. The first-order valence-electron chi connectivity index (χ1n) is 4.53. The highest BCUT2D eigenvalue weighted by Gasteiger charge is 2.14. The maximum Gasteiger partial charge on any atom is 0.265 e. The molecule has 0 fully saturated rings. The lowest BCUT2D eigenvalue weighted by Crippen LogP contribution is -2.37. The first-order chi connectivity index (χ1) is 6.77. The van der Waals surface area contributed by atoms with Gasteiger partial charge in [-0.1, -0.05) is 25.1 Å². The molecular weight excluding hydrogens is 180 g/mol. The highest BCUT2D eigenvalue weighted by atomic mass is 16.5. The van der Waals surface area contributed by atoms with Gasteiger partial charge in [0.2, 0.25) is 0 Å². The summed E-state index contributed by atoms with van der Waals surface area (Å²) < 4.78 is 0. The van der Waals surface area contributed by atoms with Crippen LogP contribution in [0.4, 0.5) is 5.69 Å². The van der Waals surface area contributed by atoms with E-state index in [1.807, 2.05) is 37.3 Å². The van der Waals surface area contributed by atoms with Crippen molar-refractivity contribution in [3.63, 3.8) is 0 Å². The third-order valence-electron chi connectivity index (χ3n) is 1.95. The number of carbonyl (C=O) groups is 1. The molecule has 0 bridgehead atoms. The van der Waals surface area contributed by atoms with E-state index in [1.54, 1.807) is 5.48 Å². The Hall–Kier alpha value is -1.55. The van der Waals surface area contributed by atoms with E-state index in [-0.39, 0.29) is 0 Å². The molecule has 0 heterocycles. The summed E-state index contributed by atoms with van der Waals surface area (Å²) in [5.74, 6) is -0.420. The minimum atomic E-state index is -0.420. The molecule has 1 atom stereocenters. The molecule has 14 heavy (non-hydrogen) atoms. The molecule has 0 aromatic heterocycles.